The molecule has 0 amide bonds. The third-order valence-corrected chi connectivity index (χ3v) is 4.86. The van der Waals surface area contributed by atoms with Crippen molar-refractivity contribution in [1.29, 1.82) is 5.26 Å². The van der Waals surface area contributed by atoms with Crippen molar-refractivity contribution in [2.24, 2.45) is 0 Å². The second-order valence-electron chi connectivity index (χ2n) is 6.49. The Morgan fingerprint density at radius 3 is 2.33 bits per heavy atom. The minimum atomic E-state index is -0.675. The summed E-state index contributed by atoms with van der Waals surface area (Å²) in [5, 5.41) is 17.1. The van der Waals surface area contributed by atoms with Crippen LogP contribution < -0.4 is 4.90 Å². The second kappa shape index (κ2) is 5.86. The van der Waals surface area contributed by atoms with E-state index in [9.17, 15) is 8.78 Å². The van der Waals surface area contributed by atoms with Gasteiger partial charge in [0.25, 0.3) is 0 Å². The van der Waals surface area contributed by atoms with Crippen LogP contribution in [0.2, 0.25) is 0 Å². The molecule has 1 aromatic carbocycles. The number of nitrogens with zero attached hydrogens (tertiary/aromatic N) is 5. The summed E-state index contributed by atoms with van der Waals surface area (Å²) >= 11 is 0. The smallest absolute Gasteiger partial charge is 0.150 e. The molecule has 1 saturated heterocycles. The normalized spacial score (nSPS) is 18.6. The number of rotatable bonds is 3. The fraction of sp³-hybridized carbons (Fsp3) is 0.471. The van der Waals surface area contributed by atoms with Crippen molar-refractivity contribution in [2.75, 3.05) is 18.0 Å². The van der Waals surface area contributed by atoms with Crippen molar-refractivity contribution in [3.05, 3.63) is 41.5 Å². The Morgan fingerprint density at radius 2 is 1.75 bits per heavy atom. The van der Waals surface area contributed by atoms with Gasteiger partial charge in [0.1, 0.15) is 17.8 Å². The Balaban J connectivity index is 1.50. The Hall–Kier alpha value is -2.49. The highest BCUT2D eigenvalue weighted by Crippen LogP contribution is 2.39. The molecule has 1 aliphatic carbocycles. The minimum Gasteiger partial charge on any atom is -0.367 e. The van der Waals surface area contributed by atoms with Crippen LogP contribution in [0.4, 0.5) is 14.5 Å². The zero-order chi connectivity index (χ0) is 16.7. The summed E-state index contributed by atoms with van der Waals surface area (Å²) in [4.78, 5) is 1.72. The molecule has 1 aliphatic heterocycles. The maximum absolute atomic E-state index is 14.2. The Kier molecular flexibility index (Phi) is 3.68. The van der Waals surface area contributed by atoms with Crippen molar-refractivity contribution in [3.8, 4) is 6.07 Å². The van der Waals surface area contributed by atoms with Crippen LogP contribution in [0.5, 0.6) is 0 Å². The average molecular weight is 329 g/mol. The van der Waals surface area contributed by atoms with Crippen LogP contribution in [-0.2, 0) is 0 Å². The molecule has 5 nitrogen and oxygen atoms in total. The number of anilines is 1. The first-order chi connectivity index (χ1) is 11.7. The zero-order valence-electron chi connectivity index (χ0n) is 13.1. The molecule has 2 aromatic rings. The third-order valence-electron chi connectivity index (χ3n) is 4.86. The fourth-order valence-electron chi connectivity index (χ4n) is 3.47. The lowest BCUT2D eigenvalue weighted by atomic mass is 9.95. The van der Waals surface area contributed by atoms with Crippen LogP contribution in [-0.4, -0.2) is 27.9 Å². The molecular formula is C17H17F2N5. The number of benzene rings is 1. The SMILES string of the molecule is N#Cc1cc(F)c(N2CCC(c3nncn3C3CC3)CC2)c(F)c1. The monoisotopic (exact) mass is 329 g/mol. The van der Waals surface area contributed by atoms with Crippen molar-refractivity contribution in [2.45, 2.75) is 37.6 Å². The van der Waals surface area contributed by atoms with Crippen LogP contribution in [0, 0.1) is 23.0 Å². The number of hydrogen-bond acceptors (Lipinski definition) is 4. The van der Waals surface area contributed by atoms with Gasteiger partial charge < -0.3 is 9.47 Å². The topological polar surface area (TPSA) is 57.7 Å². The summed E-state index contributed by atoms with van der Waals surface area (Å²) in [6.07, 6.45) is 5.70. The second-order valence-corrected chi connectivity index (χ2v) is 6.49. The molecule has 0 atom stereocenters. The molecule has 124 valence electrons. The molecule has 2 heterocycles. The molecule has 0 N–H and O–H groups in total. The van der Waals surface area contributed by atoms with Gasteiger partial charge in [-0.2, -0.15) is 5.26 Å². The molecule has 0 bridgehead atoms. The first-order valence-electron chi connectivity index (χ1n) is 8.21. The largest absolute Gasteiger partial charge is 0.367 e. The van der Waals surface area contributed by atoms with Crippen molar-refractivity contribution in [3.63, 3.8) is 0 Å². The van der Waals surface area contributed by atoms with Crippen LogP contribution in [0.15, 0.2) is 18.5 Å². The first kappa shape index (κ1) is 15.1. The number of hydrogen-bond donors (Lipinski definition) is 0. The lowest BCUT2D eigenvalue weighted by Gasteiger charge is -2.33. The van der Waals surface area contributed by atoms with Crippen molar-refractivity contribution >= 4 is 5.69 Å². The van der Waals surface area contributed by atoms with Crippen LogP contribution in [0.25, 0.3) is 0 Å². The van der Waals surface area contributed by atoms with E-state index in [-0.39, 0.29) is 17.2 Å². The molecule has 7 heteroatoms. The van der Waals surface area contributed by atoms with Gasteiger partial charge in [-0.15, -0.1) is 10.2 Å². The molecule has 1 aromatic heterocycles. The van der Waals surface area contributed by atoms with Crippen molar-refractivity contribution < 1.29 is 8.78 Å². The molecule has 24 heavy (non-hydrogen) atoms. The van der Waals surface area contributed by atoms with Gasteiger partial charge in [0.15, 0.2) is 11.6 Å². The number of piperidine rings is 1. The Bertz CT molecular complexity index is 775. The summed E-state index contributed by atoms with van der Waals surface area (Å²) in [5.41, 5.74) is -0.0303. The van der Waals surface area contributed by atoms with Crippen LogP contribution >= 0.6 is 0 Å². The van der Waals surface area contributed by atoms with Gasteiger partial charge in [0.2, 0.25) is 0 Å². The van der Waals surface area contributed by atoms with Gasteiger partial charge in [-0.05, 0) is 37.8 Å². The van der Waals surface area contributed by atoms with E-state index in [1.165, 1.54) is 12.8 Å². The number of halogens is 2. The summed E-state index contributed by atoms with van der Waals surface area (Å²) < 4.78 is 30.5. The highest BCUT2D eigenvalue weighted by atomic mass is 19.1. The van der Waals surface area contributed by atoms with E-state index in [0.717, 1.165) is 30.8 Å². The Morgan fingerprint density at radius 1 is 1.08 bits per heavy atom. The number of nitriles is 1. The van der Waals surface area contributed by atoms with Gasteiger partial charge in [-0.1, -0.05) is 0 Å². The quantitative estimate of drug-likeness (QED) is 0.868. The molecule has 1 saturated carbocycles. The van der Waals surface area contributed by atoms with E-state index >= 15 is 0 Å². The molecule has 0 unspecified atom stereocenters. The standard InChI is InChI=1S/C17H17F2N5/c18-14-7-11(9-20)8-15(19)16(14)23-5-3-12(4-6-23)17-22-21-10-24(17)13-1-2-13/h7-8,10,12-13H,1-6H2. The lowest BCUT2D eigenvalue weighted by molar-refractivity contribution is 0.454. The predicted molar refractivity (Wildman–Crippen MR) is 83.6 cm³/mol. The van der Waals surface area contributed by atoms with Gasteiger partial charge >= 0.3 is 0 Å². The highest BCUT2D eigenvalue weighted by Gasteiger charge is 2.32. The molecule has 0 spiro atoms. The van der Waals surface area contributed by atoms with E-state index in [1.54, 1.807) is 17.3 Å². The first-order valence-corrected chi connectivity index (χ1v) is 8.21. The average Bonchev–Trinajstić information content (AvgIpc) is 3.31. The molecule has 2 fully saturated rings. The molecular weight excluding hydrogens is 312 g/mol. The molecule has 4 rings (SSSR count). The maximum atomic E-state index is 14.2. The van der Waals surface area contributed by atoms with Crippen LogP contribution in [0.3, 0.4) is 0 Å². The summed E-state index contributed by atoms with van der Waals surface area (Å²) in [6.45, 7) is 1.11. The van der Waals surface area contributed by atoms with E-state index in [1.807, 2.05) is 0 Å². The third kappa shape index (κ3) is 2.62. The molecule has 0 radical (unpaired) electrons. The van der Waals surface area contributed by atoms with Gasteiger partial charge in [-0.25, -0.2) is 8.78 Å². The maximum Gasteiger partial charge on any atom is 0.150 e. The van der Waals surface area contributed by atoms with Gasteiger partial charge in [0, 0.05) is 25.0 Å². The van der Waals surface area contributed by atoms with Crippen LogP contribution in [0.1, 0.15) is 49.0 Å². The van der Waals surface area contributed by atoms with E-state index in [0.29, 0.717) is 19.1 Å². The lowest BCUT2D eigenvalue weighted by Crippen LogP contribution is -2.35. The zero-order valence-corrected chi connectivity index (χ0v) is 13.1. The summed E-state index contributed by atoms with van der Waals surface area (Å²) in [7, 11) is 0. The minimum absolute atomic E-state index is 0.00108. The summed E-state index contributed by atoms with van der Waals surface area (Å²) in [5.74, 6) is -0.0796. The van der Waals surface area contributed by atoms with E-state index in [2.05, 4.69) is 14.8 Å². The number of aromatic nitrogens is 3. The van der Waals surface area contributed by atoms with E-state index < -0.39 is 11.6 Å². The molecule has 2 aliphatic rings. The predicted octanol–water partition coefficient (Wildman–Crippen LogP) is 3.15. The highest BCUT2D eigenvalue weighted by molar-refractivity contribution is 5.53. The summed E-state index contributed by atoms with van der Waals surface area (Å²) in [6, 6.07) is 4.48. The van der Waals surface area contributed by atoms with E-state index in [4.69, 9.17) is 5.26 Å². The van der Waals surface area contributed by atoms with Crippen molar-refractivity contribution in [1.82, 2.24) is 14.8 Å². The van der Waals surface area contributed by atoms with Gasteiger partial charge in [0.05, 0.1) is 11.6 Å². The fourth-order valence-corrected chi connectivity index (χ4v) is 3.47. The Labute approximate surface area is 138 Å². The van der Waals surface area contributed by atoms with Gasteiger partial charge in [-0.3, -0.25) is 0 Å².